The minimum atomic E-state index is -0.150. The van der Waals surface area contributed by atoms with Crippen molar-refractivity contribution in [2.75, 3.05) is 6.26 Å². The Bertz CT molecular complexity index is 353. The molecule has 14 heavy (non-hydrogen) atoms. The third-order valence-electron chi connectivity index (χ3n) is 1.71. The zero-order valence-electron chi connectivity index (χ0n) is 8.20. The van der Waals surface area contributed by atoms with E-state index in [9.17, 15) is 4.79 Å². The number of rotatable bonds is 2. The summed E-state index contributed by atoms with van der Waals surface area (Å²) in [6.45, 7) is 5.63. The molecule has 1 rings (SSSR count). The van der Waals surface area contributed by atoms with E-state index in [1.807, 2.05) is 19.3 Å². The van der Waals surface area contributed by atoms with E-state index in [0.29, 0.717) is 10.9 Å². The van der Waals surface area contributed by atoms with Gasteiger partial charge in [-0.15, -0.1) is 11.8 Å². The lowest BCUT2D eigenvalue weighted by Gasteiger charge is -2.12. The van der Waals surface area contributed by atoms with E-state index in [2.05, 4.69) is 16.9 Å². The Balaban J connectivity index is 2.97. The van der Waals surface area contributed by atoms with Crippen molar-refractivity contribution < 1.29 is 4.79 Å². The normalized spacial score (nSPS) is 21.4. The van der Waals surface area contributed by atoms with Gasteiger partial charge in [0.15, 0.2) is 0 Å². The van der Waals surface area contributed by atoms with Crippen LogP contribution in [0.5, 0.6) is 0 Å². The van der Waals surface area contributed by atoms with Gasteiger partial charge in [-0.05, 0) is 19.3 Å². The first-order chi connectivity index (χ1) is 6.67. The molecular formula is C10H12N2OS. The van der Waals surface area contributed by atoms with Gasteiger partial charge in [-0.25, -0.2) is 4.99 Å². The molecular weight excluding hydrogens is 196 g/mol. The van der Waals surface area contributed by atoms with Crippen LogP contribution >= 0.6 is 11.8 Å². The van der Waals surface area contributed by atoms with Crippen LogP contribution in [0.1, 0.15) is 6.92 Å². The summed E-state index contributed by atoms with van der Waals surface area (Å²) in [4.78, 5) is 15.3. The van der Waals surface area contributed by atoms with E-state index in [1.54, 1.807) is 6.08 Å². The predicted octanol–water partition coefficient (Wildman–Crippen LogP) is 1.85. The number of carbonyl (C=O) groups excluding carboxylic acids is 1. The second kappa shape index (κ2) is 4.81. The van der Waals surface area contributed by atoms with Crippen LogP contribution in [0.25, 0.3) is 0 Å². The Morgan fingerprint density at radius 1 is 1.64 bits per heavy atom. The fourth-order valence-electron chi connectivity index (χ4n) is 0.971. The van der Waals surface area contributed by atoms with Crippen molar-refractivity contribution in [2.24, 2.45) is 4.99 Å². The summed E-state index contributed by atoms with van der Waals surface area (Å²) >= 11 is 1.45. The molecule has 0 saturated heterocycles. The third kappa shape index (κ3) is 2.60. The minimum absolute atomic E-state index is 0.150. The lowest BCUT2D eigenvalue weighted by Crippen LogP contribution is -2.33. The van der Waals surface area contributed by atoms with Gasteiger partial charge < -0.3 is 5.32 Å². The SMILES string of the molecule is C=C(/N=C1/NC(=O)C=C/C1=C/C)SC. The molecule has 0 aliphatic carbocycles. The number of nitrogens with one attached hydrogen (secondary N) is 1. The maximum Gasteiger partial charge on any atom is 0.249 e. The van der Waals surface area contributed by atoms with Crippen LogP contribution in [0.2, 0.25) is 0 Å². The summed E-state index contributed by atoms with van der Waals surface area (Å²) in [5.41, 5.74) is 0.903. The molecule has 1 amide bonds. The largest absolute Gasteiger partial charge is 0.307 e. The standard InChI is InChI=1S/C10H12N2OS/c1-4-8-5-6-9(13)12-10(8)11-7(2)14-3/h4-6H,2H2,1,3H3,(H,11,12,13)/b8-4-. The average Bonchev–Trinajstić information content (AvgIpc) is 2.18. The van der Waals surface area contributed by atoms with Crippen LogP contribution in [0.3, 0.4) is 0 Å². The summed E-state index contributed by atoms with van der Waals surface area (Å²) in [5.74, 6) is 0.419. The molecule has 1 N–H and O–H groups in total. The molecule has 4 heteroatoms. The molecule has 0 fully saturated rings. The minimum Gasteiger partial charge on any atom is -0.307 e. The topological polar surface area (TPSA) is 41.5 Å². The van der Waals surface area contributed by atoms with Crippen molar-refractivity contribution in [3.63, 3.8) is 0 Å². The first-order valence-electron chi connectivity index (χ1n) is 4.14. The highest BCUT2D eigenvalue weighted by Gasteiger charge is 2.12. The number of thioether (sulfide) groups is 1. The van der Waals surface area contributed by atoms with Gasteiger partial charge in [0, 0.05) is 11.6 Å². The van der Waals surface area contributed by atoms with Crippen LogP contribution in [-0.2, 0) is 4.79 Å². The second-order valence-electron chi connectivity index (χ2n) is 2.62. The second-order valence-corrected chi connectivity index (χ2v) is 3.50. The average molecular weight is 208 g/mol. The predicted molar refractivity (Wildman–Crippen MR) is 61.1 cm³/mol. The first-order valence-corrected chi connectivity index (χ1v) is 5.37. The van der Waals surface area contributed by atoms with E-state index >= 15 is 0 Å². The van der Waals surface area contributed by atoms with Gasteiger partial charge in [-0.3, -0.25) is 4.79 Å². The third-order valence-corrected chi connectivity index (χ3v) is 2.27. The van der Waals surface area contributed by atoms with Crippen molar-refractivity contribution in [2.45, 2.75) is 6.92 Å². The lowest BCUT2D eigenvalue weighted by molar-refractivity contribution is -0.115. The molecule has 1 aliphatic rings. The zero-order chi connectivity index (χ0) is 10.6. The van der Waals surface area contributed by atoms with Gasteiger partial charge in [0.1, 0.15) is 5.84 Å². The monoisotopic (exact) mass is 208 g/mol. The molecule has 1 heterocycles. The molecule has 0 aromatic rings. The van der Waals surface area contributed by atoms with Crippen molar-refractivity contribution in [1.82, 2.24) is 5.32 Å². The Morgan fingerprint density at radius 3 is 2.93 bits per heavy atom. The molecule has 0 spiro atoms. The molecule has 0 aromatic heterocycles. The number of hydrogen-bond acceptors (Lipinski definition) is 3. The number of amidine groups is 1. The number of aliphatic imine (C=N–C) groups is 1. The maximum atomic E-state index is 11.1. The van der Waals surface area contributed by atoms with E-state index in [0.717, 1.165) is 5.57 Å². The van der Waals surface area contributed by atoms with Crippen molar-refractivity contribution in [3.8, 4) is 0 Å². The highest BCUT2D eigenvalue weighted by Crippen LogP contribution is 2.13. The molecule has 0 radical (unpaired) electrons. The van der Waals surface area contributed by atoms with Gasteiger partial charge in [0.25, 0.3) is 0 Å². The Kier molecular flexibility index (Phi) is 3.71. The lowest BCUT2D eigenvalue weighted by atomic mass is 10.1. The summed E-state index contributed by atoms with van der Waals surface area (Å²) < 4.78 is 0. The summed E-state index contributed by atoms with van der Waals surface area (Å²) in [5, 5.41) is 3.34. The Labute approximate surface area is 87.7 Å². The molecule has 1 aliphatic heterocycles. The fourth-order valence-corrected chi connectivity index (χ4v) is 1.15. The van der Waals surface area contributed by atoms with Gasteiger partial charge in [0.05, 0.1) is 5.03 Å². The number of amides is 1. The molecule has 74 valence electrons. The van der Waals surface area contributed by atoms with Gasteiger partial charge >= 0.3 is 0 Å². The zero-order valence-corrected chi connectivity index (χ0v) is 9.02. The van der Waals surface area contributed by atoms with Crippen molar-refractivity contribution in [1.29, 1.82) is 0 Å². The van der Waals surface area contributed by atoms with Gasteiger partial charge in [-0.1, -0.05) is 12.7 Å². The Morgan fingerprint density at radius 2 is 2.36 bits per heavy atom. The number of nitrogens with zero attached hydrogens (tertiary/aromatic N) is 1. The maximum absolute atomic E-state index is 11.1. The number of carbonyl (C=O) groups is 1. The van der Waals surface area contributed by atoms with Crippen molar-refractivity contribution in [3.05, 3.63) is 35.4 Å². The summed E-state index contributed by atoms with van der Waals surface area (Å²) in [6.07, 6.45) is 7.01. The van der Waals surface area contributed by atoms with Crippen LogP contribution < -0.4 is 5.32 Å². The smallest absolute Gasteiger partial charge is 0.249 e. The fraction of sp³-hybridized carbons (Fsp3) is 0.200. The quantitative estimate of drug-likeness (QED) is 0.752. The molecule has 0 saturated carbocycles. The number of allylic oxidation sites excluding steroid dienone is 1. The molecule has 0 unspecified atom stereocenters. The summed E-state index contributed by atoms with van der Waals surface area (Å²) in [6, 6.07) is 0. The van der Waals surface area contributed by atoms with E-state index in [4.69, 9.17) is 0 Å². The molecule has 0 atom stereocenters. The molecule has 3 nitrogen and oxygen atoms in total. The summed E-state index contributed by atoms with van der Waals surface area (Å²) in [7, 11) is 0. The molecule has 0 aromatic carbocycles. The number of hydrogen-bond donors (Lipinski definition) is 1. The Hall–Kier alpha value is -1.29. The highest BCUT2D eigenvalue weighted by molar-refractivity contribution is 8.02. The van der Waals surface area contributed by atoms with E-state index in [-0.39, 0.29) is 5.91 Å². The highest BCUT2D eigenvalue weighted by atomic mass is 32.2. The van der Waals surface area contributed by atoms with Crippen LogP contribution in [0.4, 0.5) is 0 Å². The van der Waals surface area contributed by atoms with Crippen LogP contribution in [0.15, 0.2) is 40.4 Å². The first kappa shape index (κ1) is 10.8. The van der Waals surface area contributed by atoms with Crippen LogP contribution in [-0.4, -0.2) is 18.0 Å². The van der Waals surface area contributed by atoms with Gasteiger partial charge in [0.2, 0.25) is 5.91 Å². The van der Waals surface area contributed by atoms with Crippen molar-refractivity contribution >= 4 is 23.5 Å². The van der Waals surface area contributed by atoms with Crippen LogP contribution in [0, 0.1) is 0 Å². The molecule has 0 bridgehead atoms. The van der Waals surface area contributed by atoms with E-state index < -0.39 is 0 Å². The van der Waals surface area contributed by atoms with Gasteiger partial charge in [-0.2, -0.15) is 0 Å². The van der Waals surface area contributed by atoms with E-state index in [1.165, 1.54) is 17.8 Å².